The van der Waals surface area contributed by atoms with E-state index in [1.165, 1.54) is 30.5 Å². The Morgan fingerprint density at radius 1 is 1.10 bits per heavy atom. The number of halogens is 1. The highest BCUT2D eigenvalue weighted by Gasteiger charge is 2.20. The lowest BCUT2D eigenvalue weighted by Crippen LogP contribution is -2.37. The fraction of sp³-hybridized carbons (Fsp3) is 0.280. The van der Waals surface area contributed by atoms with Gasteiger partial charge in [0.2, 0.25) is 0 Å². The number of amides is 2. The van der Waals surface area contributed by atoms with E-state index >= 15 is 0 Å². The highest BCUT2D eigenvalue weighted by Crippen LogP contribution is 2.25. The number of morpholine rings is 1. The van der Waals surface area contributed by atoms with E-state index in [2.05, 4.69) is 25.5 Å². The maximum absolute atomic E-state index is 13.2. The first-order chi connectivity index (χ1) is 19.7. The fourth-order valence-electron chi connectivity index (χ4n) is 4.26. The predicted molar refractivity (Wildman–Crippen MR) is 157 cm³/mol. The van der Waals surface area contributed by atoms with Gasteiger partial charge >= 0.3 is 11.7 Å². The molecule has 0 saturated carbocycles. The Kier molecular flexibility index (Phi) is 8.70. The standard InChI is InChI=1S/C25H26ClN7O6S2/c26-20-5-7-22(40-20)41(37,38)31-24(35)29-17-3-6-21(28-15-17)33-23(34)18-4-2-16(14-19(18)30-25(33)36)27-8-1-9-32-10-12-39-13-11-32/h2-7,14-15,27H,1,8-13H2,(H,30,36)(H2,29,31,35). The predicted octanol–water partition coefficient (Wildman–Crippen LogP) is 2.43. The van der Waals surface area contributed by atoms with Crippen molar-refractivity contribution in [3.8, 4) is 5.82 Å². The molecule has 4 N–H and O–H groups in total. The lowest BCUT2D eigenvalue weighted by atomic mass is 10.2. The van der Waals surface area contributed by atoms with Gasteiger partial charge in [-0.3, -0.25) is 9.69 Å². The summed E-state index contributed by atoms with van der Waals surface area (Å²) in [5.41, 5.74) is 0.0640. The van der Waals surface area contributed by atoms with Crippen LogP contribution >= 0.6 is 22.9 Å². The van der Waals surface area contributed by atoms with Crippen LogP contribution in [0.25, 0.3) is 16.7 Å². The Hall–Kier alpha value is -3.76. The number of ether oxygens (including phenoxy) is 1. The monoisotopic (exact) mass is 619 g/mol. The first kappa shape index (κ1) is 28.8. The number of nitrogens with zero attached hydrogens (tertiary/aromatic N) is 3. The number of anilines is 2. The molecule has 1 fully saturated rings. The van der Waals surface area contributed by atoms with Crippen LogP contribution in [0.1, 0.15) is 6.42 Å². The topological polar surface area (TPSA) is 168 Å². The van der Waals surface area contributed by atoms with Gasteiger partial charge in [-0.2, -0.15) is 0 Å². The number of urea groups is 1. The molecule has 216 valence electrons. The van der Waals surface area contributed by atoms with E-state index in [9.17, 15) is 22.8 Å². The SMILES string of the molecule is O=C(Nc1ccc(-n2c(=O)[nH]c3cc(NCCCN4CCOCC4)ccc3c2=O)nc1)NS(=O)(=O)c1ccc(Cl)s1. The van der Waals surface area contributed by atoms with Crippen LogP contribution in [0.5, 0.6) is 0 Å². The molecular formula is C25H26ClN7O6S2. The molecule has 0 aliphatic carbocycles. The van der Waals surface area contributed by atoms with Crippen molar-refractivity contribution in [1.82, 2.24) is 24.2 Å². The quantitative estimate of drug-likeness (QED) is 0.206. The normalized spacial score (nSPS) is 14.2. The van der Waals surface area contributed by atoms with Crippen molar-refractivity contribution in [2.75, 3.05) is 50.0 Å². The molecule has 5 rings (SSSR count). The molecule has 0 spiro atoms. The Morgan fingerprint density at radius 2 is 1.88 bits per heavy atom. The number of fused-ring (bicyclic) bond motifs is 1. The second-order valence-electron chi connectivity index (χ2n) is 9.09. The van der Waals surface area contributed by atoms with Crippen molar-refractivity contribution in [3.05, 3.63) is 73.8 Å². The number of aromatic amines is 1. The van der Waals surface area contributed by atoms with Gasteiger partial charge in [-0.05, 0) is 55.4 Å². The Balaban J connectivity index is 1.24. The van der Waals surface area contributed by atoms with Crippen LogP contribution in [0.15, 0.2) is 62.5 Å². The number of thiophene rings is 1. The molecule has 0 unspecified atom stereocenters. The summed E-state index contributed by atoms with van der Waals surface area (Å²) in [7, 11) is -4.11. The van der Waals surface area contributed by atoms with E-state index in [4.69, 9.17) is 16.3 Å². The minimum Gasteiger partial charge on any atom is -0.385 e. The van der Waals surface area contributed by atoms with Crippen molar-refractivity contribution in [2.45, 2.75) is 10.6 Å². The molecule has 0 bridgehead atoms. The first-order valence-corrected chi connectivity index (χ1v) is 15.3. The number of carbonyl (C=O) groups is 1. The Bertz CT molecular complexity index is 1780. The smallest absolute Gasteiger partial charge is 0.334 e. The maximum atomic E-state index is 13.2. The summed E-state index contributed by atoms with van der Waals surface area (Å²) in [5.74, 6) is 0.0234. The molecule has 4 heterocycles. The molecule has 0 atom stereocenters. The molecule has 2 amide bonds. The third kappa shape index (κ3) is 6.94. The summed E-state index contributed by atoms with van der Waals surface area (Å²) in [4.78, 5) is 47.4. The van der Waals surface area contributed by atoms with Crippen LogP contribution in [0, 0.1) is 0 Å². The largest absolute Gasteiger partial charge is 0.385 e. The minimum atomic E-state index is -4.11. The second kappa shape index (κ2) is 12.4. The number of pyridine rings is 1. The van der Waals surface area contributed by atoms with Gasteiger partial charge in [0.05, 0.1) is 40.3 Å². The summed E-state index contributed by atoms with van der Waals surface area (Å²) in [6.07, 6.45) is 2.14. The average molecular weight is 620 g/mol. The van der Waals surface area contributed by atoms with Gasteiger partial charge in [0, 0.05) is 25.3 Å². The Labute approximate surface area is 243 Å². The molecule has 3 aromatic heterocycles. The van der Waals surface area contributed by atoms with Crippen molar-refractivity contribution < 1.29 is 17.9 Å². The van der Waals surface area contributed by atoms with Crippen LogP contribution < -0.4 is 26.6 Å². The number of sulfonamides is 1. The van der Waals surface area contributed by atoms with Crippen molar-refractivity contribution in [1.29, 1.82) is 0 Å². The Morgan fingerprint density at radius 3 is 2.59 bits per heavy atom. The zero-order valence-electron chi connectivity index (χ0n) is 21.6. The number of hydrogen-bond acceptors (Lipinski definition) is 10. The van der Waals surface area contributed by atoms with Gasteiger partial charge in [-0.1, -0.05) is 11.6 Å². The zero-order chi connectivity index (χ0) is 29.0. The number of hydrogen-bond donors (Lipinski definition) is 4. The number of rotatable bonds is 9. The molecule has 1 saturated heterocycles. The van der Waals surface area contributed by atoms with E-state index in [-0.39, 0.29) is 20.1 Å². The highest BCUT2D eigenvalue weighted by molar-refractivity contribution is 7.92. The summed E-state index contributed by atoms with van der Waals surface area (Å²) < 4.78 is 32.9. The summed E-state index contributed by atoms with van der Waals surface area (Å²) in [6, 6.07) is 9.54. The van der Waals surface area contributed by atoms with E-state index in [1.54, 1.807) is 18.2 Å². The zero-order valence-corrected chi connectivity index (χ0v) is 23.9. The van der Waals surface area contributed by atoms with Gasteiger partial charge < -0.3 is 20.4 Å². The lowest BCUT2D eigenvalue weighted by Gasteiger charge is -2.26. The van der Waals surface area contributed by atoms with Gasteiger partial charge in [0.25, 0.3) is 15.6 Å². The van der Waals surface area contributed by atoms with E-state index in [1.807, 2.05) is 4.72 Å². The maximum Gasteiger partial charge on any atom is 0.334 e. The molecule has 13 nitrogen and oxygen atoms in total. The van der Waals surface area contributed by atoms with Gasteiger partial charge in [0.15, 0.2) is 0 Å². The van der Waals surface area contributed by atoms with Crippen LogP contribution in [-0.4, -0.2) is 73.3 Å². The first-order valence-electron chi connectivity index (χ1n) is 12.6. The van der Waals surface area contributed by atoms with Gasteiger partial charge in [0.1, 0.15) is 10.0 Å². The summed E-state index contributed by atoms with van der Waals surface area (Å²) >= 11 is 6.57. The van der Waals surface area contributed by atoms with E-state index in [0.717, 1.165) is 67.4 Å². The average Bonchev–Trinajstić information content (AvgIpc) is 3.39. The van der Waals surface area contributed by atoms with Crippen LogP contribution in [0.2, 0.25) is 4.34 Å². The number of carbonyl (C=O) groups excluding carboxylic acids is 1. The summed E-state index contributed by atoms with van der Waals surface area (Å²) in [6.45, 7) is 5.08. The lowest BCUT2D eigenvalue weighted by molar-refractivity contribution is 0.0378. The van der Waals surface area contributed by atoms with Crippen molar-refractivity contribution in [3.63, 3.8) is 0 Å². The van der Waals surface area contributed by atoms with Crippen LogP contribution in [-0.2, 0) is 14.8 Å². The van der Waals surface area contributed by atoms with Crippen molar-refractivity contribution in [2.24, 2.45) is 0 Å². The number of aromatic nitrogens is 3. The molecule has 1 aromatic carbocycles. The third-order valence-electron chi connectivity index (χ3n) is 6.26. The van der Waals surface area contributed by atoms with E-state index in [0.29, 0.717) is 10.9 Å². The molecule has 1 aliphatic heterocycles. The molecule has 16 heteroatoms. The molecular weight excluding hydrogens is 594 g/mol. The third-order valence-corrected chi connectivity index (χ3v) is 9.31. The van der Waals surface area contributed by atoms with Gasteiger partial charge in [-0.25, -0.2) is 32.3 Å². The number of benzene rings is 1. The second-order valence-corrected chi connectivity index (χ2v) is 12.7. The molecule has 4 aromatic rings. The fourth-order valence-corrected chi connectivity index (χ4v) is 6.65. The molecule has 41 heavy (non-hydrogen) atoms. The number of nitrogens with one attached hydrogen (secondary N) is 4. The minimum absolute atomic E-state index is 0.0234. The number of H-pyrrole nitrogens is 1. The van der Waals surface area contributed by atoms with Crippen LogP contribution in [0.4, 0.5) is 16.2 Å². The van der Waals surface area contributed by atoms with Gasteiger partial charge in [-0.15, -0.1) is 11.3 Å². The van der Waals surface area contributed by atoms with E-state index < -0.39 is 27.3 Å². The summed E-state index contributed by atoms with van der Waals surface area (Å²) in [5, 5.41) is 5.97. The van der Waals surface area contributed by atoms with Crippen molar-refractivity contribution >= 4 is 61.3 Å². The van der Waals surface area contributed by atoms with Crippen LogP contribution in [0.3, 0.4) is 0 Å². The molecule has 1 aliphatic rings. The molecule has 0 radical (unpaired) electrons. The highest BCUT2D eigenvalue weighted by atomic mass is 35.5.